The molecule has 194 valence electrons. The van der Waals surface area contributed by atoms with Gasteiger partial charge in [0.05, 0.1) is 0 Å². The summed E-state index contributed by atoms with van der Waals surface area (Å²) in [6.45, 7) is 12.8. The van der Waals surface area contributed by atoms with Crippen LogP contribution in [0.1, 0.15) is 49.9 Å². The van der Waals surface area contributed by atoms with E-state index in [1.165, 1.54) is 44.8 Å². The second-order valence-corrected chi connectivity index (χ2v) is 9.26. The molecule has 0 aliphatic rings. The highest BCUT2D eigenvalue weighted by molar-refractivity contribution is 6.18. The van der Waals surface area contributed by atoms with E-state index >= 15 is 0 Å². The average molecular weight is 501 g/mol. The van der Waals surface area contributed by atoms with Crippen LogP contribution in [0.15, 0.2) is 127 Å². The van der Waals surface area contributed by atoms with Gasteiger partial charge in [-0.3, -0.25) is 0 Å². The molecular weight excluding hydrogens is 460 g/mol. The number of nitrogens with zero attached hydrogens (tertiary/aromatic N) is 2. The predicted molar refractivity (Wildman–Crippen MR) is 164 cm³/mol. The third-order valence-corrected chi connectivity index (χ3v) is 7.10. The molecule has 0 aliphatic carbocycles. The van der Waals surface area contributed by atoms with Crippen LogP contribution >= 0.6 is 0 Å². The minimum absolute atomic E-state index is 0.937. The molecule has 0 spiro atoms. The molecule has 0 unspecified atom stereocenters. The number of benzene rings is 4. The molecule has 4 rings (SSSR count). The van der Waals surface area contributed by atoms with Crippen LogP contribution in [-0.2, 0) is 0 Å². The van der Waals surface area contributed by atoms with E-state index in [0.29, 0.717) is 0 Å². The summed E-state index contributed by atoms with van der Waals surface area (Å²) < 4.78 is 0. The van der Waals surface area contributed by atoms with Crippen molar-refractivity contribution in [1.82, 2.24) is 9.80 Å². The van der Waals surface area contributed by atoms with Gasteiger partial charge in [0.1, 0.15) is 5.82 Å². The molecule has 0 bridgehead atoms. The zero-order valence-electron chi connectivity index (χ0n) is 23.3. The molecule has 2 nitrogen and oxygen atoms in total. The topological polar surface area (TPSA) is 6.48 Å². The van der Waals surface area contributed by atoms with Gasteiger partial charge >= 0.3 is 0 Å². The molecule has 0 heterocycles. The first-order valence-electron chi connectivity index (χ1n) is 13.9. The van der Waals surface area contributed by atoms with E-state index in [4.69, 9.17) is 0 Å². The van der Waals surface area contributed by atoms with Crippen molar-refractivity contribution >= 4 is 16.7 Å². The lowest BCUT2D eigenvalue weighted by atomic mass is 9.82. The summed E-state index contributed by atoms with van der Waals surface area (Å²) in [5, 5.41) is 0. The maximum atomic E-state index is 2.52. The summed E-state index contributed by atoms with van der Waals surface area (Å²) in [5.41, 5.74) is 8.63. The molecule has 0 atom stereocenters. The molecule has 0 N–H and O–H groups in total. The molecule has 4 aromatic carbocycles. The standard InChI is InChI=1S/C36H40N2/c1-5-37(6-2)36(38(7-3)8-4)35(32-27-19-12-20-28-32)34(31-25-17-11-18-26-31)33(29-21-13-9-14-22-29)30-23-15-10-16-24-30/h9-28H,5-8H2,1-4H3. The molecule has 0 saturated heterocycles. The average Bonchev–Trinajstić information content (AvgIpc) is 2.99. The van der Waals surface area contributed by atoms with Crippen LogP contribution in [0.2, 0.25) is 0 Å². The summed E-state index contributed by atoms with van der Waals surface area (Å²) in [6.07, 6.45) is 0. The first kappa shape index (κ1) is 27.0. The van der Waals surface area contributed by atoms with Crippen molar-refractivity contribution in [2.75, 3.05) is 26.2 Å². The number of rotatable bonds is 11. The highest BCUT2D eigenvalue weighted by atomic mass is 15.3. The Morgan fingerprint density at radius 2 is 0.684 bits per heavy atom. The van der Waals surface area contributed by atoms with Crippen molar-refractivity contribution in [3.05, 3.63) is 149 Å². The van der Waals surface area contributed by atoms with Gasteiger partial charge in [-0.25, -0.2) is 0 Å². The van der Waals surface area contributed by atoms with Gasteiger partial charge in [0, 0.05) is 37.3 Å². The molecule has 38 heavy (non-hydrogen) atoms. The van der Waals surface area contributed by atoms with E-state index < -0.39 is 0 Å². The van der Waals surface area contributed by atoms with Crippen LogP contribution in [0, 0.1) is 0 Å². The summed E-state index contributed by atoms with van der Waals surface area (Å²) in [4.78, 5) is 5.04. The van der Waals surface area contributed by atoms with Gasteiger partial charge in [-0.05, 0) is 55.5 Å². The highest BCUT2D eigenvalue weighted by Gasteiger charge is 2.26. The van der Waals surface area contributed by atoms with Gasteiger partial charge in [0.2, 0.25) is 0 Å². The van der Waals surface area contributed by atoms with Gasteiger partial charge in [-0.1, -0.05) is 121 Å². The summed E-state index contributed by atoms with van der Waals surface area (Å²) >= 11 is 0. The van der Waals surface area contributed by atoms with Crippen molar-refractivity contribution < 1.29 is 0 Å². The maximum absolute atomic E-state index is 2.52. The lowest BCUT2D eigenvalue weighted by Gasteiger charge is -2.37. The number of hydrogen-bond acceptors (Lipinski definition) is 2. The molecule has 2 heteroatoms. The minimum Gasteiger partial charge on any atom is -0.358 e. The van der Waals surface area contributed by atoms with Crippen molar-refractivity contribution in [1.29, 1.82) is 0 Å². The Morgan fingerprint density at radius 1 is 0.395 bits per heavy atom. The molecule has 4 aromatic rings. The fraction of sp³-hybridized carbons (Fsp3) is 0.222. The third kappa shape index (κ3) is 5.92. The Hall–Kier alpha value is -4.04. The lowest BCUT2D eigenvalue weighted by molar-refractivity contribution is 0.238. The quantitative estimate of drug-likeness (QED) is 0.150. The Balaban J connectivity index is 2.28. The Kier molecular flexibility index (Phi) is 9.59. The fourth-order valence-corrected chi connectivity index (χ4v) is 5.24. The van der Waals surface area contributed by atoms with Crippen LogP contribution in [0.4, 0.5) is 0 Å². The van der Waals surface area contributed by atoms with Gasteiger partial charge in [0.25, 0.3) is 0 Å². The van der Waals surface area contributed by atoms with E-state index in [9.17, 15) is 0 Å². The maximum Gasteiger partial charge on any atom is 0.113 e. The Bertz CT molecular complexity index is 1260. The summed E-state index contributed by atoms with van der Waals surface area (Å²) in [7, 11) is 0. The minimum atomic E-state index is 0.937. The van der Waals surface area contributed by atoms with E-state index in [2.05, 4.69) is 159 Å². The molecule has 0 amide bonds. The molecule has 0 fully saturated rings. The third-order valence-electron chi connectivity index (χ3n) is 7.10. The first-order chi connectivity index (χ1) is 18.7. The monoisotopic (exact) mass is 500 g/mol. The van der Waals surface area contributed by atoms with Crippen molar-refractivity contribution in [2.24, 2.45) is 0 Å². The van der Waals surface area contributed by atoms with Crippen LogP contribution < -0.4 is 0 Å². The first-order valence-corrected chi connectivity index (χ1v) is 13.9. The predicted octanol–water partition coefficient (Wildman–Crippen LogP) is 8.70. The zero-order valence-corrected chi connectivity index (χ0v) is 23.3. The highest BCUT2D eigenvalue weighted by Crippen LogP contribution is 2.43. The Morgan fingerprint density at radius 3 is 1.00 bits per heavy atom. The largest absolute Gasteiger partial charge is 0.358 e. The van der Waals surface area contributed by atoms with Gasteiger partial charge in [-0.2, -0.15) is 0 Å². The Labute approximate surface area is 229 Å². The molecule has 0 aliphatic heterocycles. The van der Waals surface area contributed by atoms with E-state index in [1.807, 2.05) is 0 Å². The molecule has 0 radical (unpaired) electrons. The molecular formula is C36H40N2. The van der Waals surface area contributed by atoms with Crippen molar-refractivity contribution in [3.63, 3.8) is 0 Å². The van der Waals surface area contributed by atoms with E-state index in [1.54, 1.807) is 0 Å². The number of hydrogen-bond donors (Lipinski definition) is 0. The van der Waals surface area contributed by atoms with Gasteiger partial charge < -0.3 is 9.80 Å². The second kappa shape index (κ2) is 13.5. The van der Waals surface area contributed by atoms with Crippen LogP contribution in [0.25, 0.3) is 16.7 Å². The SMILES string of the molecule is CCN(CC)C(=C(C(=C(c1ccccc1)c1ccccc1)c1ccccc1)c1ccccc1)N(CC)CC. The second-order valence-electron chi connectivity index (χ2n) is 9.26. The van der Waals surface area contributed by atoms with E-state index in [0.717, 1.165) is 26.2 Å². The van der Waals surface area contributed by atoms with Crippen molar-refractivity contribution in [2.45, 2.75) is 27.7 Å². The van der Waals surface area contributed by atoms with Crippen LogP contribution in [0.3, 0.4) is 0 Å². The molecule has 0 saturated carbocycles. The lowest BCUT2D eigenvalue weighted by Crippen LogP contribution is -2.36. The smallest absolute Gasteiger partial charge is 0.113 e. The fourth-order valence-electron chi connectivity index (χ4n) is 5.24. The zero-order chi connectivity index (χ0) is 26.7. The normalized spacial score (nSPS) is 10.5. The van der Waals surface area contributed by atoms with Gasteiger partial charge in [0.15, 0.2) is 0 Å². The molecule has 0 aromatic heterocycles. The van der Waals surface area contributed by atoms with Crippen LogP contribution in [0.5, 0.6) is 0 Å². The summed E-state index contributed by atoms with van der Waals surface area (Å²) in [5.74, 6) is 1.29. The summed E-state index contributed by atoms with van der Waals surface area (Å²) in [6, 6.07) is 43.6. The van der Waals surface area contributed by atoms with Crippen molar-refractivity contribution in [3.8, 4) is 0 Å². The van der Waals surface area contributed by atoms with E-state index in [-0.39, 0.29) is 0 Å². The van der Waals surface area contributed by atoms with Gasteiger partial charge in [-0.15, -0.1) is 0 Å². The van der Waals surface area contributed by atoms with Crippen LogP contribution in [-0.4, -0.2) is 36.0 Å². The number of allylic oxidation sites excluding steroid dienone is 2.